The average molecular weight is 562 g/mol. The van der Waals surface area contributed by atoms with Crippen molar-refractivity contribution < 1.29 is 13.9 Å². The fourth-order valence-electron chi connectivity index (χ4n) is 5.42. The van der Waals surface area contributed by atoms with Crippen LogP contribution in [0.25, 0.3) is 22.1 Å². The molecule has 0 bridgehead atoms. The number of rotatable bonds is 20. The molecule has 2 aromatic carbocycles. The first kappa shape index (κ1) is 32.4. The third-order valence-corrected chi connectivity index (χ3v) is 8.01. The Balaban J connectivity index is 1.35. The minimum atomic E-state index is -0.387. The van der Waals surface area contributed by atoms with Gasteiger partial charge in [0.1, 0.15) is 5.58 Å². The summed E-state index contributed by atoms with van der Waals surface area (Å²) in [6, 6.07) is 14.8. The predicted molar refractivity (Wildman–Crippen MR) is 172 cm³/mol. The van der Waals surface area contributed by atoms with Crippen LogP contribution in [-0.4, -0.2) is 25.7 Å². The fraction of sp³-hybridized carbons (Fsp3) is 0.556. The lowest BCUT2D eigenvalue weighted by atomic mass is 10.0. The van der Waals surface area contributed by atoms with E-state index in [2.05, 4.69) is 31.7 Å². The highest BCUT2D eigenvalue weighted by molar-refractivity contribution is 5.90. The van der Waals surface area contributed by atoms with Gasteiger partial charge in [0.2, 0.25) is 0 Å². The molecule has 0 amide bonds. The quantitative estimate of drug-likeness (QED) is 0.0780. The predicted octanol–water partition coefficient (Wildman–Crippen LogP) is 9.94. The van der Waals surface area contributed by atoms with E-state index in [1.807, 2.05) is 18.2 Å². The number of benzene rings is 2. The fourth-order valence-corrected chi connectivity index (χ4v) is 5.42. The van der Waals surface area contributed by atoms with E-state index in [0.717, 1.165) is 42.6 Å². The molecule has 0 saturated heterocycles. The monoisotopic (exact) mass is 561 g/mol. The van der Waals surface area contributed by atoms with Crippen LogP contribution in [0.4, 0.5) is 5.69 Å². The van der Waals surface area contributed by atoms with Crippen LogP contribution in [0, 0.1) is 0 Å². The van der Waals surface area contributed by atoms with Crippen molar-refractivity contribution in [3.63, 3.8) is 0 Å². The highest BCUT2D eigenvalue weighted by Crippen LogP contribution is 2.25. The Morgan fingerprint density at radius 2 is 1.27 bits per heavy atom. The molecule has 0 aliphatic rings. The molecular weight excluding hydrogens is 510 g/mol. The Kier molecular flexibility index (Phi) is 14.5. The van der Waals surface area contributed by atoms with Gasteiger partial charge < -0.3 is 14.1 Å². The molecule has 5 nitrogen and oxygen atoms in total. The summed E-state index contributed by atoms with van der Waals surface area (Å²) in [5.41, 5.74) is 2.92. The van der Waals surface area contributed by atoms with Gasteiger partial charge in [0.25, 0.3) is 0 Å². The first-order valence-electron chi connectivity index (χ1n) is 16.2. The van der Waals surface area contributed by atoms with Crippen LogP contribution in [0.1, 0.15) is 121 Å². The van der Waals surface area contributed by atoms with Crippen LogP contribution in [0.5, 0.6) is 0 Å². The van der Waals surface area contributed by atoms with E-state index in [4.69, 9.17) is 9.15 Å². The lowest BCUT2D eigenvalue weighted by molar-refractivity contribution is 0.0497. The van der Waals surface area contributed by atoms with Crippen molar-refractivity contribution in [3.05, 3.63) is 64.5 Å². The van der Waals surface area contributed by atoms with Crippen molar-refractivity contribution in [2.75, 3.05) is 24.6 Å². The number of carbonyl (C=O) groups is 1. The van der Waals surface area contributed by atoms with Gasteiger partial charge in [0.05, 0.1) is 17.7 Å². The Bertz CT molecular complexity index is 1230. The maximum atomic E-state index is 12.8. The van der Waals surface area contributed by atoms with Gasteiger partial charge in [-0.25, -0.2) is 9.59 Å². The Morgan fingerprint density at radius 1 is 0.707 bits per heavy atom. The van der Waals surface area contributed by atoms with Gasteiger partial charge in [0.15, 0.2) is 0 Å². The van der Waals surface area contributed by atoms with Crippen LogP contribution in [0.3, 0.4) is 0 Å². The number of carbonyl (C=O) groups excluding carboxylic acids is 1. The minimum Gasteiger partial charge on any atom is -0.462 e. The Hall–Kier alpha value is -3.08. The van der Waals surface area contributed by atoms with E-state index in [0.29, 0.717) is 23.3 Å². The molecule has 3 aromatic rings. The van der Waals surface area contributed by atoms with Crippen molar-refractivity contribution in [1.29, 1.82) is 0 Å². The Labute approximate surface area is 247 Å². The summed E-state index contributed by atoms with van der Waals surface area (Å²) >= 11 is 0. The largest absolute Gasteiger partial charge is 0.462 e. The Morgan fingerprint density at radius 3 is 1.83 bits per heavy atom. The lowest BCUT2D eigenvalue weighted by Crippen LogP contribution is -2.21. The third kappa shape index (κ3) is 10.7. The molecule has 1 aromatic heterocycles. The summed E-state index contributed by atoms with van der Waals surface area (Å²) in [4.78, 5) is 27.5. The zero-order valence-electron chi connectivity index (χ0n) is 25.7. The van der Waals surface area contributed by atoms with Gasteiger partial charge in [-0.05, 0) is 56.2 Å². The molecule has 224 valence electrons. The second kappa shape index (κ2) is 18.4. The number of unbranched alkanes of at least 4 members (excludes halogenated alkanes) is 13. The molecule has 0 N–H and O–H groups in total. The van der Waals surface area contributed by atoms with Gasteiger partial charge in [-0.15, -0.1) is 0 Å². The maximum Gasteiger partial charge on any atom is 0.344 e. The van der Waals surface area contributed by atoms with Crippen LogP contribution >= 0.6 is 0 Å². The lowest BCUT2D eigenvalue weighted by Gasteiger charge is -2.21. The van der Waals surface area contributed by atoms with E-state index in [1.165, 1.54) is 77.0 Å². The molecule has 0 saturated carbocycles. The van der Waals surface area contributed by atoms with Crippen LogP contribution < -0.4 is 10.5 Å². The highest BCUT2D eigenvalue weighted by Gasteiger charge is 2.12. The second-order valence-corrected chi connectivity index (χ2v) is 11.2. The number of hydrogen-bond acceptors (Lipinski definition) is 5. The molecule has 0 atom stereocenters. The topological polar surface area (TPSA) is 59.8 Å². The first-order valence-corrected chi connectivity index (χ1v) is 16.2. The molecule has 0 spiro atoms. The van der Waals surface area contributed by atoms with Gasteiger partial charge >= 0.3 is 11.6 Å². The standard InChI is InChI=1S/C36H51NO4/c1-4-7-8-9-10-11-12-13-14-15-16-17-18-19-26-40-35(38)30-22-20-29(21-23-30)33-27-31-24-25-32(37(5-2)6-3)28-34(31)41-36(33)39/h20-25,27-28H,4-19,26H2,1-3H3. The van der Waals surface area contributed by atoms with E-state index in [1.54, 1.807) is 24.3 Å². The SMILES string of the molecule is CCCCCCCCCCCCCCCCOC(=O)c1ccc(-c2cc3ccc(N(CC)CC)cc3oc2=O)cc1. The van der Waals surface area contributed by atoms with E-state index in [-0.39, 0.29) is 11.6 Å². The van der Waals surface area contributed by atoms with E-state index >= 15 is 0 Å². The van der Waals surface area contributed by atoms with Gasteiger partial charge in [0, 0.05) is 30.2 Å². The molecule has 5 heteroatoms. The normalized spacial score (nSPS) is 11.2. The molecule has 0 radical (unpaired) electrons. The number of hydrogen-bond donors (Lipinski definition) is 0. The van der Waals surface area contributed by atoms with Crippen LogP contribution in [0.2, 0.25) is 0 Å². The van der Waals surface area contributed by atoms with Crippen molar-refractivity contribution in [2.45, 2.75) is 111 Å². The summed E-state index contributed by atoms with van der Waals surface area (Å²) < 4.78 is 11.2. The molecule has 0 aliphatic heterocycles. The molecule has 0 aliphatic carbocycles. The average Bonchev–Trinajstić information content (AvgIpc) is 2.99. The molecule has 0 fully saturated rings. The van der Waals surface area contributed by atoms with Gasteiger partial charge in [-0.2, -0.15) is 0 Å². The highest BCUT2D eigenvalue weighted by atomic mass is 16.5. The van der Waals surface area contributed by atoms with E-state index < -0.39 is 0 Å². The van der Waals surface area contributed by atoms with Crippen molar-refractivity contribution in [3.8, 4) is 11.1 Å². The number of fused-ring (bicyclic) bond motifs is 1. The molecular formula is C36H51NO4. The number of anilines is 1. The summed E-state index contributed by atoms with van der Waals surface area (Å²) in [7, 11) is 0. The molecule has 3 rings (SSSR count). The minimum absolute atomic E-state index is 0.319. The zero-order valence-corrected chi connectivity index (χ0v) is 25.7. The van der Waals surface area contributed by atoms with Crippen LogP contribution in [0.15, 0.2) is 57.7 Å². The summed E-state index contributed by atoms with van der Waals surface area (Å²) in [6.45, 7) is 8.70. The zero-order chi connectivity index (χ0) is 29.3. The molecule has 41 heavy (non-hydrogen) atoms. The summed E-state index contributed by atoms with van der Waals surface area (Å²) in [5.74, 6) is -0.319. The van der Waals surface area contributed by atoms with Crippen LogP contribution in [-0.2, 0) is 4.74 Å². The smallest absolute Gasteiger partial charge is 0.344 e. The van der Waals surface area contributed by atoms with E-state index in [9.17, 15) is 9.59 Å². The summed E-state index contributed by atoms with van der Waals surface area (Å²) in [6.07, 6.45) is 18.2. The molecule has 1 heterocycles. The first-order chi connectivity index (χ1) is 20.1. The number of esters is 1. The summed E-state index contributed by atoms with van der Waals surface area (Å²) in [5, 5.41) is 0.868. The second-order valence-electron chi connectivity index (χ2n) is 11.2. The maximum absolute atomic E-state index is 12.8. The van der Waals surface area contributed by atoms with Crippen molar-refractivity contribution in [2.24, 2.45) is 0 Å². The molecule has 0 unspecified atom stereocenters. The third-order valence-electron chi connectivity index (χ3n) is 8.01. The number of ether oxygens (including phenoxy) is 1. The van der Waals surface area contributed by atoms with Crippen molar-refractivity contribution in [1.82, 2.24) is 0 Å². The van der Waals surface area contributed by atoms with Crippen molar-refractivity contribution >= 4 is 22.6 Å². The van der Waals surface area contributed by atoms with Gasteiger partial charge in [-0.1, -0.05) is 103 Å². The number of nitrogens with zero attached hydrogens (tertiary/aromatic N) is 1. The van der Waals surface area contributed by atoms with Gasteiger partial charge in [-0.3, -0.25) is 0 Å².